The van der Waals surface area contributed by atoms with E-state index in [1.807, 2.05) is 16.3 Å². The van der Waals surface area contributed by atoms with Gasteiger partial charge in [0.25, 0.3) is 0 Å². The smallest absolute Gasteiger partial charge is 0.153 e. The monoisotopic (exact) mass is 330 g/mol. The Hall–Kier alpha value is -0.810. The molecule has 2 unspecified atom stereocenters. The molecule has 0 spiro atoms. The number of hydrogen-bond donors (Lipinski definition) is 0. The number of nitrogens with zero attached hydrogens (tertiary/aromatic N) is 2. The average molecular weight is 331 g/mol. The van der Waals surface area contributed by atoms with Crippen molar-refractivity contribution in [2.45, 2.75) is 43.4 Å². The maximum atomic E-state index is 13.9. The standard InChI is InChI=1S/C15H17ClF2N2S/c1-9(16)14-19-13-11(18)6-10(17)7-12(13)20(14)8-15(2)4-3-5-21-15/h6-7,9H,3-5,8H2,1-2H3. The Balaban J connectivity index is 2.16. The van der Waals surface area contributed by atoms with E-state index in [9.17, 15) is 8.78 Å². The number of benzene rings is 1. The number of halogens is 3. The second-order valence-electron chi connectivity index (χ2n) is 5.83. The topological polar surface area (TPSA) is 17.8 Å². The molecule has 0 N–H and O–H groups in total. The van der Waals surface area contributed by atoms with Gasteiger partial charge in [0.05, 0.1) is 10.9 Å². The molecule has 1 aliphatic heterocycles. The second-order valence-corrected chi connectivity index (χ2v) is 8.17. The minimum Gasteiger partial charge on any atom is -0.325 e. The molecule has 1 aromatic carbocycles. The molecular weight excluding hydrogens is 314 g/mol. The average Bonchev–Trinajstić information content (AvgIpc) is 2.95. The van der Waals surface area contributed by atoms with Gasteiger partial charge in [-0.15, -0.1) is 11.6 Å². The summed E-state index contributed by atoms with van der Waals surface area (Å²) in [6.45, 7) is 4.66. The van der Waals surface area contributed by atoms with Crippen LogP contribution >= 0.6 is 23.4 Å². The fourth-order valence-corrected chi connectivity index (χ4v) is 4.39. The van der Waals surface area contributed by atoms with Crippen LogP contribution in [0.3, 0.4) is 0 Å². The van der Waals surface area contributed by atoms with Gasteiger partial charge in [-0.1, -0.05) is 0 Å². The van der Waals surface area contributed by atoms with E-state index in [1.165, 1.54) is 12.5 Å². The van der Waals surface area contributed by atoms with Crippen LogP contribution in [0.15, 0.2) is 12.1 Å². The highest BCUT2D eigenvalue weighted by Gasteiger charge is 2.32. The molecule has 2 aromatic rings. The van der Waals surface area contributed by atoms with Crippen LogP contribution in [0.25, 0.3) is 11.0 Å². The van der Waals surface area contributed by atoms with Crippen molar-refractivity contribution < 1.29 is 8.78 Å². The lowest BCUT2D eigenvalue weighted by molar-refractivity contribution is 0.505. The molecule has 1 aromatic heterocycles. The molecule has 1 saturated heterocycles. The van der Waals surface area contributed by atoms with Crippen LogP contribution in [0.5, 0.6) is 0 Å². The maximum absolute atomic E-state index is 13.9. The van der Waals surface area contributed by atoms with Crippen LogP contribution in [-0.4, -0.2) is 20.1 Å². The van der Waals surface area contributed by atoms with Gasteiger partial charge in [0, 0.05) is 17.4 Å². The van der Waals surface area contributed by atoms with Gasteiger partial charge in [-0.05, 0) is 38.5 Å². The summed E-state index contributed by atoms with van der Waals surface area (Å²) >= 11 is 8.10. The lowest BCUT2D eigenvalue weighted by Crippen LogP contribution is -2.25. The van der Waals surface area contributed by atoms with Crippen molar-refractivity contribution >= 4 is 34.4 Å². The Labute approximate surface area is 131 Å². The molecule has 2 heterocycles. The van der Waals surface area contributed by atoms with Gasteiger partial charge < -0.3 is 4.57 Å². The largest absolute Gasteiger partial charge is 0.325 e. The van der Waals surface area contributed by atoms with Gasteiger partial charge in [-0.25, -0.2) is 13.8 Å². The molecule has 6 heteroatoms. The highest BCUT2D eigenvalue weighted by molar-refractivity contribution is 8.00. The zero-order valence-corrected chi connectivity index (χ0v) is 13.6. The molecule has 0 amide bonds. The summed E-state index contributed by atoms with van der Waals surface area (Å²) in [5, 5.41) is -0.352. The van der Waals surface area contributed by atoms with E-state index in [1.54, 1.807) is 6.92 Å². The molecule has 1 aliphatic rings. The zero-order chi connectivity index (χ0) is 15.2. The first-order chi connectivity index (χ1) is 9.89. The minimum atomic E-state index is -0.633. The Bertz CT molecular complexity index is 678. The number of fused-ring (bicyclic) bond motifs is 1. The number of thioether (sulfide) groups is 1. The van der Waals surface area contributed by atoms with Crippen LogP contribution in [0.1, 0.15) is 37.9 Å². The molecule has 0 radical (unpaired) electrons. The first-order valence-electron chi connectivity index (χ1n) is 7.03. The third kappa shape index (κ3) is 2.78. The molecule has 0 saturated carbocycles. The summed E-state index contributed by atoms with van der Waals surface area (Å²) < 4.78 is 29.5. The summed E-state index contributed by atoms with van der Waals surface area (Å²) in [6.07, 6.45) is 2.26. The Morgan fingerprint density at radius 3 is 2.86 bits per heavy atom. The number of aromatic nitrogens is 2. The van der Waals surface area contributed by atoms with E-state index in [-0.39, 0.29) is 15.6 Å². The van der Waals surface area contributed by atoms with E-state index in [2.05, 4.69) is 11.9 Å². The van der Waals surface area contributed by atoms with Crippen LogP contribution < -0.4 is 0 Å². The quantitative estimate of drug-likeness (QED) is 0.745. The van der Waals surface area contributed by atoms with Crippen LogP contribution in [0, 0.1) is 11.6 Å². The number of imidazole rings is 1. The molecule has 21 heavy (non-hydrogen) atoms. The molecule has 2 nitrogen and oxygen atoms in total. The SMILES string of the molecule is CC(Cl)c1nc2c(F)cc(F)cc2n1CC1(C)CCCS1. The highest BCUT2D eigenvalue weighted by atomic mass is 35.5. The van der Waals surface area contributed by atoms with E-state index in [4.69, 9.17) is 11.6 Å². The van der Waals surface area contributed by atoms with Gasteiger partial charge in [-0.3, -0.25) is 0 Å². The van der Waals surface area contributed by atoms with Crippen LogP contribution in [0.4, 0.5) is 8.78 Å². The summed E-state index contributed by atoms with van der Waals surface area (Å²) in [7, 11) is 0. The van der Waals surface area contributed by atoms with Crippen molar-refractivity contribution in [1.82, 2.24) is 9.55 Å². The van der Waals surface area contributed by atoms with Crippen molar-refractivity contribution in [3.8, 4) is 0 Å². The van der Waals surface area contributed by atoms with Crippen molar-refractivity contribution in [3.05, 3.63) is 29.6 Å². The van der Waals surface area contributed by atoms with Gasteiger partial charge in [-0.2, -0.15) is 11.8 Å². The van der Waals surface area contributed by atoms with E-state index in [0.717, 1.165) is 18.2 Å². The fourth-order valence-electron chi connectivity index (χ4n) is 2.93. The Kier molecular flexibility index (Phi) is 3.91. The molecule has 3 rings (SSSR count). The second kappa shape index (κ2) is 5.43. The summed E-state index contributed by atoms with van der Waals surface area (Å²) in [5.41, 5.74) is 0.689. The zero-order valence-electron chi connectivity index (χ0n) is 12.0. The van der Waals surface area contributed by atoms with E-state index < -0.39 is 11.6 Å². The Morgan fingerprint density at radius 1 is 1.48 bits per heavy atom. The van der Waals surface area contributed by atoms with Gasteiger partial charge in [0.2, 0.25) is 0 Å². The molecule has 0 bridgehead atoms. The van der Waals surface area contributed by atoms with Crippen molar-refractivity contribution in [1.29, 1.82) is 0 Å². The van der Waals surface area contributed by atoms with Gasteiger partial charge in [0.1, 0.15) is 17.2 Å². The normalized spacial score (nSPS) is 23.9. The Morgan fingerprint density at radius 2 is 2.24 bits per heavy atom. The van der Waals surface area contributed by atoms with E-state index >= 15 is 0 Å². The molecular formula is C15H17ClF2N2S. The van der Waals surface area contributed by atoms with Crippen molar-refractivity contribution in [2.75, 3.05) is 5.75 Å². The lowest BCUT2D eigenvalue weighted by Gasteiger charge is -2.25. The van der Waals surface area contributed by atoms with Gasteiger partial charge in [0.15, 0.2) is 5.82 Å². The summed E-state index contributed by atoms with van der Waals surface area (Å²) in [4.78, 5) is 4.31. The fraction of sp³-hybridized carbons (Fsp3) is 0.533. The third-order valence-corrected chi connectivity index (χ3v) is 5.67. The minimum absolute atomic E-state index is 0.0664. The molecule has 0 aliphatic carbocycles. The first kappa shape index (κ1) is 15.1. The highest BCUT2D eigenvalue weighted by Crippen LogP contribution is 2.40. The maximum Gasteiger partial charge on any atom is 0.153 e. The third-order valence-electron chi connectivity index (χ3n) is 3.95. The number of rotatable bonds is 3. The van der Waals surface area contributed by atoms with Crippen LogP contribution in [-0.2, 0) is 6.54 Å². The van der Waals surface area contributed by atoms with E-state index in [0.29, 0.717) is 17.9 Å². The lowest BCUT2D eigenvalue weighted by atomic mass is 10.1. The first-order valence-corrected chi connectivity index (χ1v) is 8.45. The van der Waals surface area contributed by atoms with Crippen LogP contribution in [0.2, 0.25) is 0 Å². The molecule has 114 valence electrons. The molecule has 2 atom stereocenters. The number of hydrogen-bond acceptors (Lipinski definition) is 2. The van der Waals surface area contributed by atoms with Gasteiger partial charge >= 0.3 is 0 Å². The molecule has 1 fully saturated rings. The predicted octanol–water partition coefficient (Wildman–Crippen LogP) is 4.90. The summed E-state index contributed by atoms with van der Waals surface area (Å²) in [5.74, 6) is 0.507. The van der Waals surface area contributed by atoms with Crippen molar-refractivity contribution in [2.24, 2.45) is 0 Å². The van der Waals surface area contributed by atoms with Crippen molar-refractivity contribution in [3.63, 3.8) is 0 Å². The number of alkyl halides is 1. The summed E-state index contributed by atoms with van der Waals surface area (Å²) in [6, 6.07) is 2.21. The predicted molar refractivity (Wildman–Crippen MR) is 84.0 cm³/mol.